The first kappa shape index (κ1) is 12.7. The number of aromatic amines is 1. The summed E-state index contributed by atoms with van der Waals surface area (Å²) in [5, 5.41) is 0. The lowest BCUT2D eigenvalue weighted by molar-refractivity contribution is 0.956. The Morgan fingerprint density at radius 3 is 2.95 bits per heavy atom. The molecule has 4 nitrogen and oxygen atoms in total. The molecule has 1 aliphatic rings. The van der Waals surface area contributed by atoms with Gasteiger partial charge in [-0.1, -0.05) is 0 Å². The van der Waals surface area contributed by atoms with Crippen molar-refractivity contribution in [3.05, 3.63) is 43.4 Å². The molecule has 0 bridgehead atoms. The smallest absolute Gasteiger partial charge is 0.264 e. The van der Waals surface area contributed by atoms with Crippen LogP contribution in [-0.4, -0.2) is 23.6 Å². The number of anilines is 1. The second-order valence-electron chi connectivity index (χ2n) is 4.83. The SMILES string of the molecule is Cc1nc(-c2ccc3c(c2)CCN3C)[nH]c(=O)c1I. The average Bonchev–Trinajstić information content (AvgIpc) is 2.76. The van der Waals surface area contributed by atoms with Gasteiger partial charge >= 0.3 is 0 Å². The lowest BCUT2D eigenvalue weighted by Crippen LogP contribution is -2.14. The summed E-state index contributed by atoms with van der Waals surface area (Å²) in [6, 6.07) is 6.25. The third-order valence-corrected chi connectivity index (χ3v) is 4.78. The van der Waals surface area contributed by atoms with Gasteiger partial charge in [-0.15, -0.1) is 0 Å². The van der Waals surface area contributed by atoms with Crippen LogP contribution in [0.2, 0.25) is 0 Å². The minimum atomic E-state index is -0.0688. The van der Waals surface area contributed by atoms with E-state index in [-0.39, 0.29) is 5.56 Å². The van der Waals surface area contributed by atoms with Gasteiger partial charge < -0.3 is 9.88 Å². The molecule has 2 aromatic rings. The lowest BCUT2D eigenvalue weighted by Gasteiger charge is -2.12. The number of rotatable bonds is 1. The van der Waals surface area contributed by atoms with Crippen LogP contribution in [-0.2, 0) is 6.42 Å². The Morgan fingerprint density at radius 2 is 2.21 bits per heavy atom. The molecule has 0 fully saturated rings. The number of hydrogen-bond acceptors (Lipinski definition) is 3. The predicted octanol–water partition coefficient (Wildman–Crippen LogP) is 2.34. The molecular formula is C14H14IN3O. The van der Waals surface area contributed by atoms with Crippen LogP contribution in [0.4, 0.5) is 5.69 Å². The third kappa shape index (κ3) is 2.16. The van der Waals surface area contributed by atoms with E-state index in [9.17, 15) is 4.79 Å². The summed E-state index contributed by atoms with van der Waals surface area (Å²) in [5.74, 6) is 0.653. The zero-order chi connectivity index (χ0) is 13.6. The van der Waals surface area contributed by atoms with E-state index in [0.717, 1.165) is 24.2 Å². The summed E-state index contributed by atoms with van der Waals surface area (Å²) in [6.45, 7) is 2.91. The molecule has 19 heavy (non-hydrogen) atoms. The van der Waals surface area contributed by atoms with Gasteiger partial charge in [-0.05, 0) is 59.7 Å². The highest BCUT2D eigenvalue weighted by molar-refractivity contribution is 14.1. The molecule has 1 aromatic heterocycles. The fourth-order valence-electron chi connectivity index (χ4n) is 2.42. The topological polar surface area (TPSA) is 49.0 Å². The van der Waals surface area contributed by atoms with Crippen molar-refractivity contribution in [1.82, 2.24) is 9.97 Å². The second kappa shape index (κ2) is 4.63. The molecule has 0 amide bonds. The zero-order valence-electron chi connectivity index (χ0n) is 10.8. The highest BCUT2D eigenvalue weighted by Gasteiger charge is 2.16. The largest absolute Gasteiger partial charge is 0.374 e. The van der Waals surface area contributed by atoms with Crippen molar-refractivity contribution >= 4 is 28.3 Å². The first-order valence-corrected chi connectivity index (χ1v) is 7.25. The van der Waals surface area contributed by atoms with E-state index in [1.165, 1.54) is 11.3 Å². The zero-order valence-corrected chi connectivity index (χ0v) is 13.0. The van der Waals surface area contributed by atoms with Crippen LogP contribution >= 0.6 is 22.6 Å². The molecule has 1 N–H and O–H groups in total. The molecule has 0 saturated carbocycles. The van der Waals surface area contributed by atoms with Crippen molar-refractivity contribution in [3.8, 4) is 11.4 Å². The Labute approximate surface area is 125 Å². The minimum absolute atomic E-state index is 0.0688. The number of aromatic nitrogens is 2. The molecule has 1 aromatic carbocycles. The number of hydrogen-bond donors (Lipinski definition) is 1. The van der Waals surface area contributed by atoms with Crippen LogP contribution in [0.5, 0.6) is 0 Å². The molecule has 0 spiro atoms. The summed E-state index contributed by atoms with van der Waals surface area (Å²) in [4.78, 5) is 21.4. The van der Waals surface area contributed by atoms with Crippen molar-refractivity contribution < 1.29 is 0 Å². The average molecular weight is 367 g/mol. The van der Waals surface area contributed by atoms with Crippen molar-refractivity contribution in [3.63, 3.8) is 0 Å². The van der Waals surface area contributed by atoms with E-state index in [1.54, 1.807) is 0 Å². The highest BCUT2D eigenvalue weighted by Crippen LogP contribution is 2.30. The van der Waals surface area contributed by atoms with Crippen LogP contribution in [0.15, 0.2) is 23.0 Å². The molecular weight excluding hydrogens is 353 g/mol. The Kier molecular flexibility index (Phi) is 3.08. The van der Waals surface area contributed by atoms with Gasteiger partial charge in [-0.2, -0.15) is 0 Å². The summed E-state index contributed by atoms with van der Waals surface area (Å²) >= 11 is 2.02. The maximum atomic E-state index is 11.8. The quantitative estimate of drug-likeness (QED) is 0.788. The van der Waals surface area contributed by atoms with E-state index < -0.39 is 0 Å². The van der Waals surface area contributed by atoms with Crippen molar-refractivity contribution in [2.24, 2.45) is 0 Å². The number of fused-ring (bicyclic) bond motifs is 1. The Hall–Kier alpha value is -1.37. The first-order valence-electron chi connectivity index (χ1n) is 6.17. The van der Waals surface area contributed by atoms with E-state index in [2.05, 4.69) is 34.0 Å². The second-order valence-corrected chi connectivity index (χ2v) is 5.91. The molecule has 5 heteroatoms. The van der Waals surface area contributed by atoms with Gasteiger partial charge in [-0.25, -0.2) is 4.98 Å². The molecule has 0 radical (unpaired) electrons. The minimum Gasteiger partial charge on any atom is -0.374 e. The number of nitrogens with one attached hydrogen (secondary N) is 1. The van der Waals surface area contributed by atoms with Crippen molar-refractivity contribution in [2.75, 3.05) is 18.5 Å². The summed E-state index contributed by atoms with van der Waals surface area (Å²) in [7, 11) is 2.10. The van der Waals surface area contributed by atoms with E-state index in [4.69, 9.17) is 0 Å². The van der Waals surface area contributed by atoms with Crippen LogP contribution in [0.1, 0.15) is 11.3 Å². The summed E-state index contributed by atoms with van der Waals surface area (Å²) < 4.78 is 0.655. The Morgan fingerprint density at radius 1 is 1.42 bits per heavy atom. The maximum Gasteiger partial charge on any atom is 0.264 e. The van der Waals surface area contributed by atoms with Crippen LogP contribution in [0, 0.1) is 10.5 Å². The molecule has 0 saturated heterocycles. The fourth-order valence-corrected chi connectivity index (χ4v) is 2.68. The van der Waals surface area contributed by atoms with Crippen molar-refractivity contribution in [2.45, 2.75) is 13.3 Å². The maximum absolute atomic E-state index is 11.8. The van der Waals surface area contributed by atoms with Gasteiger partial charge in [0, 0.05) is 24.8 Å². The van der Waals surface area contributed by atoms with E-state index in [0.29, 0.717) is 9.39 Å². The lowest BCUT2D eigenvalue weighted by atomic mass is 10.1. The van der Waals surface area contributed by atoms with Crippen LogP contribution < -0.4 is 10.5 Å². The Bertz CT molecular complexity index is 708. The molecule has 98 valence electrons. The van der Waals surface area contributed by atoms with E-state index >= 15 is 0 Å². The molecule has 1 aliphatic heterocycles. The molecule has 0 aliphatic carbocycles. The number of aryl methyl sites for hydroxylation is 1. The van der Waals surface area contributed by atoms with Crippen molar-refractivity contribution in [1.29, 1.82) is 0 Å². The van der Waals surface area contributed by atoms with Gasteiger partial charge in [-0.3, -0.25) is 4.79 Å². The van der Waals surface area contributed by atoms with Gasteiger partial charge in [0.2, 0.25) is 0 Å². The van der Waals surface area contributed by atoms with Crippen LogP contribution in [0.3, 0.4) is 0 Å². The number of likely N-dealkylation sites (N-methyl/N-ethyl adjacent to an activating group) is 1. The number of H-pyrrole nitrogens is 1. The summed E-state index contributed by atoms with van der Waals surface area (Å²) in [5.41, 5.74) is 4.27. The fraction of sp³-hybridized carbons (Fsp3) is 0.286. The number of halogens is 1. The van der Waals surface area contributed by atoms with Gasteiger partial charge in [0.15, 0.2) is 0 Å². The third-order valence-electron chi connectivity index (χ3n) is 3.51. The number of nitrogens with zero attached hydrogens (tertiary/aromatic N) is 2. The van der Waals surface area contributed by atoms with Gasteiger partial charge in [0.05, 0.1) is 9.26 Å². The summed E-state index contributed by atoms with van der Waals surface area (Å²) in [6.07, 6.45) is 1.05. The standard InChI is InChI=1S/C14H14IN3O/c1-8-12(15)14(19)17-13(16-8)10-3-4-11-9(7-10)5-6-18(11)2/h3-4,7H,5-6H2,1-2H3,(H,16,17,19). The molecule has 2 heterocycles. The van der Waals surface area contributed by atoms with Gasteiger partial charge in [0.1, 0.15) is 5.82 Å². The monoisotopic (exact) mass is 367 g/mol. The number of benzene rings is 1. The van der Waals surface area contributed by atoms with Crippen LogP contribution in [0.25, 0.3) is 11.4 Å². The Balaban J connectivity index is 2.11. The molecule has 0 unspecified atom stereocenters. The molecule has 3 rings (SSSR count). The molecule has 0 atom stereocenters. The van der Waals surface area contributed by atoms with E-state index in [1.807, 2.05) is 35.6 Å². The highest BCUT2D eigenvalue weighted by atomic mass is 127. The first-order chi connectivity index (χ1) is 9.06. The van der Waals surface area contributed by atoms with Gasteiger partial charge in [0.25, 0.3) is 5.56 Å². The predicted molar refractivity (Wildman–Crippen MR) is 84.7 cm³/mol. The normalized spacial score (nSPS) is 13.7.